The summed E-state index contributed by atoms with van der Waals surface area (Å²) in [5, 5.41) is 41.1. The summed E-state index contributed by atoms with van der Waals surface area (Å²) in [5.41, 5.74) is 4.56. The van der Waals surface area contributed by atoms with Gasteiger partial charge >= 0.3 is 33.3 Å². The normalized spacial score (nSPS) is 21.2. The van der Waals surface area contributed by atoms with Crippen LogP contribution in [0.4, 0.5) is 5.82 Å². The van der Waals surface area contributed by atoms with Crippen molar-refractivity contribution in [1.82, 2.24) is 9.55 Å². The van der Waals surface area contributed by atoms with Crippen LogP contribution in [-0.2, 0) is 46.3 Å². The predicted molar refractivity (Wildman–Crippen MR) is 259 cm³/mol. The zero-order chi connectivity index (χ0) is 51.1. The maximum Gasteiger partial charge on any atom is 0.481 e. The van der Waals surface area contributed by atoms with Crippen molar-refractivity contribution in [2.45, 2.75) is 186 Å². The minimum absolute atomic E-state index is 0.000652. The number of carbonyl (C=O) groups excluding carboxylic acids is 2. The number of esters is 2. The molecule has 0 amide bonds. The van der Waals surface area contributed by atoms with E-state index in [1.807, 2.05) is 24.3 Å². The zero-order valence-corrected chi connectivity index (χ0v) is 42.3. The lowest BCUT2D eigenvalue weighted by atomic mass is 9.99. The lowest BCUT2D eigenvalue weighted by Gasteiger charge is -2.21. The molecule has 0 spiro atoms. The molecule has 1 saturated heterocycles. The Labute approximate surface area is 406 Å². The molecule has 0 aliphatic carbocycles. The van der Waals surface area contributed by atoms with Gasteiger partial charge in [-0.05, 0) is 44.1 Å². The van der Waals surface area contributed by atoms with Gasteiger partial charge in [0.05, 0.1) is 25.4 Å². The quantitative estimate of drug-likeness (QED) is 0.0149. The molecule has 1 fully saturated rings. The van der Waals surface area contributed by atoms with E-state index in [0.717, 1.165) is 74.5 Å². The Morgan fingerprint density at radius 2 is 1.38 bits per heavy atom. The average Bonchev–Trinajstić information content (AvgIpc) is 3.57. The molecule has 394 valence electrons. The Morgan fingerprint density at radius 3 is 2.00 bits per heavy atom. The van der Waals surface area contributed by atoms with Gasteiger partial charge in [-0.1, -0.05) is 146 Å². The first-order chi connectivity index (χ1) is 32.9. The van der Waals surface area contributed by atoms with Crippen LogP contribution in [0.3, 0.4) is 0 Å². The first-order valence-corrected chi connectivity index (χ1v) is 27.3. The number of nitrogen functional groups attached to an aromatic ring is 1. The number of allylic oxidation sites excluding steroid dienone is 6. The van der Waals surface area contributed by atoms with Crippen molar-refractivity contribution >= 4 is 33.4 Å². The molecule has 0 bridgehead atoms. The van der Waals surface area contributed by atoms with Crippen LogP contribution in [0.5, 0.6) is 0 Å². The number of carbonyl (C=O) groups is 2. The Bertz CT molecular complexity index is 1900. The molecule has 0 saturated carbocycles. The molecule has 22 heteroatoms. The van der Waals surface area contributed by atoms with Crippen LogP contribution in [0.15, 0.2) is 65.7 Å². The van der Waals surface area contributed by atoms with Crippen LogP contribution >= 0.6 is 15.6 Å². The summed E-state index contributed by atoms with van der Waals surface area (Å²) in [6, 6.07) is 1.23. The lowest BCUT2D eigenvalue weighted by Crippen LogP contribution is -2.36. The molecule has 20 nitrogen and oxygen atoms in total. The van der Waals surface area contributed by atoms with Crippen molar-refractivity contribution in [1.29, 1.82) is 0 Å². The summed E-state index contributed by atoms with van der Waals surface area (Å²) in [5.74, 6) is -0.797. The van der Waals surface area contributed by atoms with E-state index in [9.17, 15) is 53.7 Å². The smallest absolute Gasteiger partial charge is 0.462 e. The summed E-state index contributed by atoms with van der Waals surface area (Å²) in [6.45, 7) is 4.08. The fourth-order valence-corrected chi connectivity index (χ4v) is 9.02. The molecule has 8 N–H and O–H groups in total. The van der Waals surface area contributed by atoms with Gasteiger partial charge in [-0.3, -0.25) is 23.2 Å². The average molecular weight is 1020 g/mol. The first kappa shape index (κ1) is 61.8. The highest BCUT2D eigenvalue weighted by molar-refractivity contribution is 7.61. The highest BCUT2D eigenvalue weighted by Gasteiger charge is 2.46. The van der Waals surface area contributed by atoms with Gasteiger partial charge in [0.1, 0.15) is 30.7 Å². The number of aliphatic hydroxyl groups is 4. The van der Waals surface area contributed by atoms with Crippen molar-refractivity contribution in [3.8, 4) is 0 Å². The Balaban J connectivity index is 1.88. The van der Waals surface area contributed by atoms with Gasteiger partial charge in [-0.25, -0.2) is 13.9 Å². The van der Waals surface area contributed by atoms with Crippen molar-refractivity contribution in [3.05, 3.63) is 71.4 Å². The van der Waals surface area contributed by atoms with E-state index in [1.54, 1.807) is 24.3 Å². The summed E-state index contributed by atoms with van der Waals surface area (Å²) < 4.78 is 56.5. The zero-order valence-electron chi connectivity index (χ0n) is 40.5. The number of phosphoric ester groups is 2. The van der Waals surface area contributed by atoms with Gasteiger partial charge in [0, 0.05) is 19.0 Å². The van der Waals surface area contributed by atoms with Gasteiger partial charge < -0.3 is 50.2 Å². The second kappa shape index (κ2) is 34.9. The van der Waals surface area contributed by atoms with Gasteiger partial charge in [0.15, 0.2) is 12.3 Å². The second-order valence-corrected chi connectivity index (χ2v) is 20.3. The minimum atomic E-state index is -5.47. The number of nitrogens with two attached hydrogens (primary N) is 1. The van der Waals surface area contributed by atoms with Crippen LogP contribution in [-0.4, -0.2) is 108 Å². The van der Waals surface area contributed by atoms with E-state index in [0.29, 0.717) is 12.8 Å². The molecular formula is C47H79N3O17P2. The van der Waals surface area contributed by atoms with E-state index in [1.165, 1.54) is 31.7 Å². The first-order valence-electron chi connectivity index (χ1n) is 24.3. The fraction of sp³-hybridized carbons (Fsp3) is 0.702. The standard InChI is InChI=1S/C47H79N3O17P2/c1-4-6-18-25-37(51)26-20-15-11-9-12-16-21-27-38(52)28-23-30-42(53)62-33-39(65-43(54)29-22-17-13-8-7-10-14-19-24-36(3)5-2)34-63-68(58,59)67-69(60,61)64-35-40-44(55)45(56)46(66-40)50-32-31-41(48)49-47(50)57/h11-12,15-16,20-21,26-27,31-32,36-40,44-46,51-52,55-56H,4-10,13-14,17-19,22-25,28-30,33-35H2,1-3H3,(H,58,59)(H,60,61)(H2,48,49,57)/b15-11-,16-12-,26-20+,27-21+/t36?,37-,38-,39+,40+,44+,45+,46+/m0/s1. The van der Waals surface area contributed by atoms with E-state index in [-0.39, 0.29) is 31.5 Å². The number of aromatic nitrogens is 2. The summed E-state index contributed by atoms with van der Waals surface area (Å²) in [4.78, 5) is 61.8. The van der Waals surface area contributed by atoms with Crippen LogP contribution in [0.1, 0.15) is 149 Å². The summed E-state index contributed by atoms with van der Waals surface area (Å²) in [7, 11) is -10.9. The van der Waals surface area contributed by atoms with Gasteiger partial charge in [-0.15, -0.1) is 0 Å². The summed E-state index contributed by atoms with van der Waals surface area (Å²) in [6.07, 6.45) is 21.4. The van der Waals surface area contributed by atoms with Crippen LogP contribution in [0.2, 0.25) is 0 Å². The van der Waals surface area contributed by atoms with E-state index >= 15 is 0 Å². The van der Waals surface area contributed by atoms with E-state index in [2.05, 4.69) is 30.1 Å². The van der Waals surface area contributed by atoms with Crippen molar-refractivity contribution in [3.63, 3.8) is 0 Å². The van der Waals surface area contributed by atoms with Crippen LogP contribution in [0, 0.1) is 5.92 Å². The number of nitrogens with zero attached hydrogens (tertiary/aromatic N) is 2. The number of hydrogen-bond donors (Lipinski definition) is 7. The molecule has 2 rings (SSSR count). The van der Waals surface area contributed by atoms with E-state index < -0.39 is 95.9 Å². The molecular weight excluding hydrogens is 940 g/mol. The molecule has 1 aromatic heterocycles. The molecule has 1 aliphatic heterocycles. The second-order valence-electron chi connectivity index (χ2n) is 17.3. The molecule has 69 heavy (non-hydrogen) atoms. The number of rotatable bonds is 38. The van der Waals surface area contributed by atoms with Gasteiger partial charge in [0.2, 0.25) is 0 Å². The minimum Gasteiger partial charge on any atom is -0.462 e. The Kier molecular flexibility index (Phi) is 31.2. The molecule has 1 aliphatic rings. The van der Waals surface area contributed by atoms with Gasteiger partial charge in [0.25, 0.3) is 0 Å². The van der Waals surface area contributed by atoms with Crippen molar-refractivity contribution in [2.75, 3.05) is 25.6 Å². The topological polar surface area (TPSA) is 306 Å². The van der Waals surface area contributed by atoms with E-state index in [4.69, 9.17) is 29.0 Å². The third-order valence-electron chi connectivity index (χ3n) is 11.2. The molecule has 3 unspecified atom stereocenters. The maximum atomic E-state index is 12.8. The number of unbranched alkanes of at least 4 members (excludes halogenated alkanes) is 9. The van der Waals surface area contributed by atoms with Crippen molar-refractivity contribution in [2.24, 2.45) is 5.92 Å². The van der Waals surface area contributed by atoms with Crippen molar-refractivity contribution < 1.29 is 76.5 Å². The Morgan fingerprint density at radius 1 is 0.797 bits per heavy atom. The third kappa shape index (κ3) is 28.3. The van der Waals surface area contributed by atoms with Crippen LogP contribution in [0.25, 0.3) is 0 Å². The largest absolute Gasteiger partial charge is 0.481 e. The summed E-state index contributed by atoms with van der Waals surface area (Å²) >= 11 is 0. The van der Waals surface area contributed by atoms with Crippen LogP contribution < -0.4 is 11.4 Å². The molecule has 0 aromatic carbocycles. The number of ether oxygens (including phenoxy) is 3. The SMILES string of the molecule is CCCCC[C@H](O)/C=C/C=C\C/C=C\C=C\[C@H](O)CCCC(=O)OC[C@H](COP(=O)(O)OP(=O)(O)OC[C@H]1O[C@@H](n2ccc(N)nc2=O)[C@H](O)[C@@H]1O)OC(=O)CCCCCCCCCCC(C)CC. The highest BCUT2D eigenvalue weighted by Crippen LogP contribution is 2.60. The highest BCUT2D eigenvalue weighted by atomic mass is 31.3. The number of anilines is 1. The van der Waals surface area contributed by atoms with Gasteiger partial charge in [-0.2, -0.15) is 9.29 Å². The molecule has 2 heterocycles. The fourth-order valence-electron chi connectivity index (χ4n) is 6.91. The third-order valence-corrected chi connectivity index (χ3v) is 13.8. The molecule has 10 atom stereocenters. The number of aliphatic hydroxyl groups excluding tert-OH is 4. The predicted octanol–water partition coefficient (Wildman–Crippen LogP) is 7.18. The molecule has 1 aromatic rings. The maximum absolute atomic E-state index is 12.8. The number of phosphoric acid groups is 2. The Hall–Kier alpha value is -3.36. The number of hydrogen-bond acceptors (Lipinski definition) is 17. The lowest BCUT2D eigenvalue weighted by molar-refractivity contribution is -0.161. The molecule has 0 radical (unpaired) electrons. The monoisotopic (exact) mass is 1020 g/mol.